The second kappa shape index (κ2) is 34.0. The van der Waals surface area contributed by atoms with E-state index in [-0.39, 0.29) is 24.8 Å². The maximum absolute atomic E-state index is 12.4. The molecule has 53 heavy (non-hydrogen) atoms. The van der Waals surface area contributed by atoms with Gasteiger partial charge in [-0.1, -0.05) is 88.8 Å². The topological polar surface area (TPSA) is 154 Å². The summed E-state index contributed by atoms with van der Waals surface area (Å²) in [6, 6.07) is 15.9. The Balaban J connectivity index is -0.000000592. The molecule has 2 saturated heterocycles. The van der Waals surface area contributed by atoms with Crippen molar-refractivity contribution in [1.29, 1.82) is 0 Å². The van der Waals surface area contributed by atoms with Crippen molar-refractivity contribution in [3.8, 4) is 12.3 Å². The van der Waals surface area contributed by atoms with Crippen LogP contribution in [0.15, 0.2) is 102 Å². The number of anilines is 1. The minimum atomic E-state index is -0.985. The lowest BCUT2D eigenvalue weighted by molar-refractivity contribution is -0.170. The quantitative estimate of drug-likeness (QED) is 0.0659. The van der Waals surface area contributed by atoms with Crippen molar-refractivity contribution in [2.24, 2.45) is 0 Å². The number of aliphatic hydroxyl groups is 7. The molecule has 7 N–H and O–H groups in total. The molecule has 2 fully saturated rings. The molecule has 2 aromatic rings. The average molecular weight is 746 g/mol. The summed E-state index contributed by atoms with van der Waals surface area (Å²) in [5.74, 6) is 2.19. The summed E-state index contributed by atoms with van der Waals surface area (Å²) >= 11 is 0. The zero-order chi connectivity index (χ0) is 41.4. The number of para-hydroxylation sites is 1. The van der Waals surface area contributed by atoms with Gasteiger partial charge in [0, 0.05) is 37.8 Å². The van der Waals surface area contributed by atoms with Gasteiger partial charge in [-0.2, -0.15) is 0 Å². The first-order chi connectivity index (χ1) is 25.3. The molecule has 2 aromatic carbocycles. The zero-order valence-corrected chi connectivity index (χ0v) is 33.4. The number of ether oxygens (including phenoxy) is 1. The third kappa shape index (κ3) is 22.8. The minimum absolute atomic E-state index is 0.199. The van der Waals surface area contributed by atoms with Gasteiger partial charge in [-0.05, 0) is 81.5 Å². The van der Waals surface area contributed by atoms with E-state index in [0.717, 1.165) is 60.7 Å². The highest BCUT2D eigenvalue weighted by atomic mass is 19.1. The van der Waals surface area contributed by atoms with E-state index in [1.165, 1.54) is 12.1 Å². The van der Waals surface area contributed by atoms with Crippen molar-refractivity contribution < 1.29 is 44.9 Å². The molecule has 0 radical (unpaired) electrons. The molecule has 9 nitrogen and oxygen atoms in total. The van der Waals surface area contributed by atoms with E-state index in [4.69, 9.17) is 26.5 Å². The molecule has 0 saturated carbocycles. The fourth-order valence-corrected chi connectivity index (χ4v) is 4.19. The maximum atomic E-state index is 12.4. The Kier molecular flexibility index (Phi) is 34.4. The van der Waals surface area contributed by atoms with Crippen molar-refractivity contribution in [3.63, 3.8) is 0 Å². The Morgan fingerprint density at radius 3 is 1.92 bits per heavy atom. The van der Waals surface area contributed by atoms with Crippen LogP contribution in [0.2, 0.25) is 0 Å². The van der Waals surface area contributed by atoms with Gasteiger partial charge < -0.3 is 45.4 Å². The van der Waals surface area contributed by atoms with Crippen LogP contribution in [0.1, 0.15) is 92.7 Å². The van der Waals surface area contributed by atoms with Gasteiger partial charge in [-0.3, -0.25) is 0 Å². The fraction of sp³-hybridized carbons (Fsp3) is 0.488. The summed E-state index contributed by atoms with van der Waals surface area (Å²) in [7, 11) is 1.00. The van der Waals surface area contributed by atoms with Crippen LogP contribution in [0.5, 0.6) is 0 Å². The van der Waals surface area contributed by atoms with E-state index in [9.17, 15) is 24.8 Å². The van der Waals surface area contributed by atoms with Crippen LogP contribution in [0.3, 0.4) is 0 Å². The highest BCUT2D eigenvalue weighted by molar-refractivity contribution is 5.48. The van der Waals surface area contributed by atoms with Gasteiger partial charge in [0.05, 0.1) is 31.2 Å². The number of hydrogen-bond donors (Lipinski definition) is 7. The first-order valence-electron chi connectivity index (χ1n) is 18.1. The molecule has 4 rings (SSSR count). The van der Waals surface area contributed by atoms with E-state index in [1.54, 1.807) is 18.2 Å². The molecular formula is C43H68FNO8. The zero-order valence-electron chi connectivity index (χ0n) is 33.4. The SMILES string of the molecule is C#CC(=C)/C(C)=C/C.C/C=C(\C)[C@H]1CC(O)[C@H](O)C(CO)O1.CC.CC/C=C/O.CCC(O)c1ccc(F)cc1.CO.OC1CCN1c1ccccc1. The van der Waals surface area contributed by atoms with E-state index in [1.807, 2.05) is 103 Å². The molecule has 300 valence electrons. The molecule has 2 aliphatic rings. The van der Waals surface area contributed by atoms with Crippen LogP contribution >= 0.6 is 0 Å². The van der Waals surface area contributed by atoms with Crippen molar-refractivity contribution >= 4 is 5.69 Å². The summed E-state index contributed by atoms with van der Waals surface area (Å²) in [5, 5.41) is 61.4. The molecule has 0 spiro atoms. The van der Waals surface area contributed by atoms with Gasteiger partial charge in [-0.15, -0.1) is 6.42 Å². The number of terminal acetylenes is 1. The van der Waals surface area contributed by atoms with Crippen molar-refractivity contribution in [2.75, 3.05) is 25.2 Å². The predicted octanol–water partition coefficient (Wildman–Crippen LogP) is 7.55. The molecule has 2 heterocycles. The third-order valence-corrected chi connectivity index (χ3v) is 7.85. The fourth-order valence-electron chi connectivity index (χ4n) is 4.19. The Morgan fingerprint density at radius 2 is 1.58 bits per heavy atom. The summed E-state index contributed by atoms with van der Waals surface area (Å²) in [6.07, 6.45) is 11.1. The van der Waals surface area contributed by atoms with E-state index >= 15 is 0 Å². The lowest BCUT2D eigenvalue weighted by atomic mass is 9.94. The van der Waals surface area contributed by atoms with E-state index < -0.39 is 24.4 Å². The molecule has 0 bridgehead atoms. The van der Waals surface area contributed by atoms with Crippen molar-refractivity contribution in [2.45, 2.75) is 118 Å². The molecule has 2 aliphatic heterocycles. The van der Waals surface area contributed by atoms with Crippen LogP contribution in [0.25, 0.3) is 0 Å². The van der Waals surface area contributed by atoms with Gasteiger partial charge in [0.1, 0.15) is 24.3 Å². The van der Waals surface area contributed by atoms with Gasteiger partial charge >= 0.3 is 0 Å². The van der Waals surface area contributed by atoms with E-state index in [2.05, 4.69) is 12.5 Å². The molecule has 0 aromatic heterocycles. The number of nitrogens with zero attached hydrogens (tertiary/aromatic N) is 1. The highest BCUT2D eigenvalue weighted by Gasteiger charge is 2.36. The van der Waals surface area contributed by atoms with Crippen LogP contribution in [-0.2, 0) is 4.74 Å². The number of benzene rings is 2. The Bertz CT molecular complexity index is 1310. The summed E-state index contributed by atoms with van der Waals surface area (Å²) in [4.78, 5) is 1.99. The molecule has 0 amide bonds. The monoisotopic (exact) mass is 745 g/mol. The Labute approximate surface area is 319 Å². The lowest BCUT2D eigenvalue weighted by Gasteiger charge is -2.39. The number of aliphatic hydroxyl groups excluding tert-OH is 7. The predicted molar refractivity (Wildman–Crippen MR) is 217 cm³/mol. The maximum Gasteiger partial charge on any atom is 0.128 e. The van der Waals surface area contributed by atoms with E-state index in [0.29, 0.717) is 12.8 Å². The van der Waals surface area contributed by atoms with Crippen LogP contribution in [0.4, 0.5) is 10.1 Å². The van der Waals surface area contributed by atoms with Crippen LogP contribution in [0, 0.1) is 18.2 Å². The van der Waals surface area contributed by atoms with Crippen molar-refractivity contribution in [3.05, 3.63) is 114 Å². The lowest BCUT2D eigenvalue weighted by Crippen LogP contribution is -2.50. The first kappa shape index (κ1) is 53.6. The first-order valence-corrected chi connectivity index (χ1v) is 18.1. The van der Waals surface area contributed by atoms with Gasteiger partial charge in [0.2, 0.25) is 0 Å². The molecular weight excluding hydrogens is 677 g/mol. The Morgan fingerprint density at radius 1 is 1.02 bits per heavy atom. The number of hydrogen-bond acceptors (Lipinski definition) is 9. The normalized spacial score (nSPS) is 20.7. The van der Waals surface area contributed by atoms with Gasteiger partial charge in [0.15, 0.2) is 0 Å². The number of allylic oxidation sites excluding steroid dienone is 5. The highest BCUT2D eigenvalue weighted by Crippen LogP contribution is 2.25. The molecule has 10 heteroatoms. The molecule has 4 unspecified atom stereocenters. The summed E-state index contributed by atoms with van der Waals surface area (Å²) < 4.78 is 17.8. The standard InChI is InChI=1S/C10H18O4.C9H11FO.C9H11NO.C8H10.C4H8O.C2H6.CH4O/c1-3-6(2)8-4-7(12)10(13)9(5-11)14-8;1-2-9(11)7-3-5-8(10)6-4-7;11-9-6-7-10(9)8-4-2-1-3-5-8;1-5-7(3)8(4)6-2;1-2-3-4-5;2*1-2/h3,7-13H,4-5H2,1-2H3;3-6,9,11H,2H2,1H3;1-5,9,11H,6-7H2;1,6H,3H2,2,4H3;3-5H,2H2,1H3;1-2H3;2H,1H3/b6-3+;;;8-6+;4-3+;;/t7?,8-,9?,10+;;;;;;/m1....../s1. The van der Waals surface area contributed by atoms with Gasteiger partial charge in [0.25, 0.3) is 0 Å². The average Bonchev–Trinajstić information content (AvgIpc) is 3.20. The number of rotatable bonds is 7. The smallest absolute Gasteiger partial charge is 0.128 e. The largest absolute Gasteiger partial charge is 0.516 e. The Hall–Kier alpha value is -3.79. The molecule has 6 atom stereocenters. The van der Waals surface area contributed by atoms with Crippen LogP contribution in [-0.4, -0.2) is 86.7 Å². The second-order valence-corrected chi connectivity index (χ2v) is 11.3. The molecule has 0 aliphatic carbocycles. The minimum Gasteiger partial charge on any atom is -0.516 e. The second-order valence-electron chi connectivity index (χ2n) is 11.3. The van der Waals surface area contributed by atoms with Crippen molar-refractivity contribution in [1.82, 2.24) is 0 Å². The van der Waals surface area contributed by atoms with Gasteiger partial charge in [-0.25, -0.2) is 4.39 Å². The number of halogens is 1. The summed E-state index contributed by atoms with van der Waals surface area (Å²) in [5.41, 5.74) is 4.74. The third-order valence-electron chi connectivity index (χ3n) is 7.85. The van der Waals surface area contributed by atoms with Crippen LogP contribution < -0.4 is 4.90 Å². The summed E-state index contributed by atoms with van der Waals surface area (Å²) in [6.45, 7) is 19.9.